The Bertz CT molecular complexity index is 349. The van der Waals surface area contributed by atoms with Crippen molar-refractivity contribution >= 4 is 28.3 Å². The zero-order valence-electron chi connectivity index (χ0n) is 9.07. The maximum absolute atomic E-state index is 8.98. The van der Waals surface area contributed by atoms with E-state index in [1.807, 2.05) is 0 Å². The van der Waals surface area contributed by atoms with Gasteiger partial charge in [-0.1, -0.05) is 15.9 Å². The van der Waals surface area contributed by atoms with E-state index < -0.39 is 6.04 Å². The molecule has 0 fully saturated rings. The molecule has 0 aliphatic carbocycles. The molecule has 0 aromatic heterocycles. The van der Waals surface area contributed by atoms with Gasteiger partial charge in [-0.3, -0.25) is 0 Å². The summed E-state index contributed by atoms with van der Waals surface area (Å²) in [5, 5.41) is 8.98. The summed E-state index contributed by atoms with van der Waals surface area (Å²) < 4.78 is 11.1. The molecule has 3 N–H and O–H groups in total. The molecule has 1 aromatic rings. The van der Waals surface area contributed by atoms with Crippen molar-refractivity contribution < 1.29 is 14.6 Å². The molecule has 0 saturated carbocycles. The molecule has 92 valence electrons. The molecule has 0 heterocycles. The number of ether oxygens (including phenoxy) is 2. The molecule has 0 aliphatic heterocycles. The van der Waals surface area contributed by atoms with Gasteiger partial charge in [-0.05, 0) is 17.7 Å². The predicted octanol–water partition coefficient (Wildman–Crippen LogP) is 1.88. The lowest BCUT2D eigenvalue weighted by Crippen LogP contribution is -2.15. The van der Waals surface area contributed by atoms with Gasteiger partial charge >= 0.3 is 0 Å². The molecular formula is C10H15BrClNO3. The Morgan fingerprint density at radius 2 is 1.81 bits per heavy atom. The number of benzene rings is 1. The molecule has 0 bridgehead atoms. The lowest BCUT2D eigenvalue weighted by atomic mass is 10.1. The van der Waals surface area contributed by atoms with Crippen LogP contribution in [0.2, 0.25) is 0 Å². The van der Waals surface area contributed by atoms with Crippen LogP contribution in [0.5, 0.6) is 11.5 Å². The number of hydrogen-bond donors (Lipinski definition) is 2. The third kappa shape index (κ3) is 3.25. The number of aliphatic hydroxyl groups excluding tert-OH is 1. The van der Waals surface area contributed by atoms with E-state index in [1.54, 1.807) is 26.4 Å². The van der Waals surface area contributed by atoms with Crippen LogP contribution < -0.4 is 15.2 Å². The summed E-state index contributed by atoms with van der Waals surface area (Å²) in [6.07, 6.45) is 0. The minimum Gasteiger partial charge on any atom is -0.493 e. The van der Waals surface area contributed by atoms with E-state index in [9.17, 15) is 0 Å². The van der Waals surface area contributed by atoms with Crippen molar-refractivity contribution in [3.63, 3.8) is 0 Å². The maximum atomic E-state index is 8.98. The number of halogens is 2. The summed E-state index contributed by atoms with van der Waals surface area (Å²) in [6.45, 7) is -0.117. The molecule has 4 nitrogen and oxygen atoms in total. The second-order valence-electron chi connectivity index (χ2n) is 3.02. The molecule has 0 spiro atoms. The van der Waals surface area contributed by atoms with Gasteiger partial charge in [-0.25, -0.2) is 0 Å². The van der Waals surface area contributed by atoms with Crippen molar-refractivity contribution in [2.75, 3.05) is 20.8 Å². The van der Waals surface area contributed by atoms with Crippen LogP contribution in [0.3, 0.4) is 0 Å². The van der Waals surface area contributed by atoms with Crippen LogP contribution >= 0.6 is 28.3 Å². The van der Waals surface area contributed by atoms with Gasteiger partial charge in [0.15, 0.2) is 11.5 Å². The number of rotatable bonds is 4. The quantitative estimate of drug-likeness (QED) is 0.891. The van der Waals surface area contributed by atoms with Gasteiger partial charge < -0.3 is 20.3 Å². The summed E-state index contributed by atoms with van der Waals surface area (Å²) >= 11 is 3.37. The van der Waals surface area contributed by atoms with Crippen molar-refractivity contribution in [2.45, 2.75) is 6.04 Å². The maximum Gasteiger partial charge on any atom is 0.161 e. The average Bonchev–Trinajstić information content (AvgIpc) is 2.27. The van der Waals surface area contributed by atoms with E-state index >= 15 is 0 Å². The Labute approximate surface area is 109 Å². The van der Waals surface area contributed by atoms with Crippen LogP contribution in [0.4, 0.5) is 0 Å². The first-order valence-corrected chi connectivity index (χ1v) is 5.21. The molecule has 1 atom stereocenters. The fourth-order valence-electron chi connectivity index (χ4n) is 1.25. The predicted molar refractivity (Wildman–Crippen MR) is 68.5 cm³/mol. The monoisotopic (exact) mass is 311 g/mol. The highest BCUT2D eigenvalue weighted by atomic mass is 79.9. The molecule has 6 heteroatoms. The molecule has 0 aliphatic rings. The number of nitrogens with two attached hydrogens (primary N) is 1. The fourth-order valence-corrected chi connectivity index (χ4v) is 1.87. The normalized spacial score (nSPS) is 11.6. The number of methoxy groups -OCH3 is 2. The summed E-state index contributed by atoms with van der Waals surface area (Å²) in [4.78, 5) is 0. The van der Waals surface area contributed by atoms with Crippen LogP contribution in [-0.4, -0.2) is 25.9 Å². The molecular weight excluding hydrogens is 297 g/mol. The van der Waals surface area contributed by atoms with Gasteiger partial charge in [-0.15, -0.1) is 12.4 Å². The lowest BCUT2D eigenvalue weighted by Gasteiger charge is -2.15. The highest BCUT2D eigenvalue weighted by Crippen LogP contribution is 2.35. The van der Waals surface area contributed by atoms with E-state index in [1.165, 1.54) is 0 Å². The Kier molecular flexibility index (Phi) is 6.74. The molecule has 1 aromatic carbocycles. The zero-order valence-corrected chi connectivity index (χ0v) is 11.5. The smallest absolute Gasteiger partial charge is 0.161 e. The topological polar surface area (TPSA) is 64.7 Å². The van der Waals surface area contributed by atoms with Crippen molar-refractivity contribution in [1.29, 1.82) is 0 Å². The van der Waals surface area contributed by atoms with E-state index in [0.29, 0.717) is 11.5 Å². The van der Waals surface area contributed by atoms with Gasteiger partial charge in [0.25, 0.3) is 0 Å². The van der Waals surface area contributed by atoms with Crippen LogP contribution in [0, 0.1) is 0 Å². The van der Waals surface area contributed by atoms with Gasteiger partial charge in [0.1, 0.15) is 0 Å². The molecule has 0 amide bonds. The molecule has 1 rings (SSSR count). The second-order valence-corrected chi connectivity index (χ2v) is 3.87. The van der Waals surface area contributed by atoms with Crippen LogP contribution in [0.15, 0.2) is 16.6 Å². The van der Waals surface area contributed by atoms with Crippen LogP contribution in [-0.2, 0) is 0 Å². The number of hydrogen-bond acceptors (Lipinski definition) is 4. The van der Waals surface area contributed by atoms with Gasteiger partial charge in [0.05, 0.1) is 26.9 Å². The Morgan fingerprint density at radius 1 is 1.31 bits per heavy atom. The Morgan fingerprint density at radius 3 is 2.25 bits per heavy atom. The Balaban J connectivity index is 0.00000225. The molecule has 0 saturated heterocycles. The largest absolute Gasteiger partial charge is 0.493 e. The van der Waals surface area contributed by atoms with Crippen LogP contribution in [0.25, 0.3) is 0 Å². The van der Waals surface area contributed by atoms with Crippen molar-refractivity contribution in [3.05, 3.63) is 22.2 Å². The first-order chi connectivity index (χ1) is 7.13. The molecule has 0 unspecified atom stereocenters. The SMILES string of the molecule is COc1cc(Br)c([C@@H](N)CO)cc1OC.Cl. The van der Waals surface area contributed by atoms with Gasteiger partial charge in [-0.2, -0.15) is 0 Å². The third-order valence-corrected chi connectivity index (χ3v) is 2.79. The van der Waals surface area contributed by atoms with Gasteiger partial charge in [0.2, 0.25) is 0 Å². The standard InChI is InChI=1S/C10H14BrNO3.ClH/c1-14-9-3-6(8(12)5-13)7(11)4-10(9)15-2;/h3-4,8,13H,5,12H2,1-2H3;1H/t8-;/m0./s1. The summed E-state index contributed by atoms with van der Waals surface area (Å²) in [6, 6.07) is 3.09. The van der Waals surface area contributed by atoms with Crippen molar-refractivity contribution in [2.24, 2.45) is 5.73 Å². The first-order valence-electron chi connectivity index (χ1n) is 4.41. The zero-order chi connectivity index (χ0) is 11.4. The second kappa shape index (κ2) is 6.96. The summed E-state index contributed by atoms with van der Waals surface area (Å²) in [5.41, 5.74) is 6.52. The van der Waals surface area contributed by atoms with E-state index in [4.69, 9.17) is 20.3 Å². The summed E-state index contributed by atoms with van der Waals surface area (Å²) in [5.74, 6) is 1.22. The average molecular weight is 313 g/mol. The lowest BCUT2D eigenvalue weighted by molar-refractivity contribution is 0.267. The van der Waals surface area contributed by atoms with E-state index in [-0.39, 0.29) is 19.0 Å². The van der Waals surface area contributed by atoms with E-state index in [0.717, 1.165) is 10.0 Å². The minimum absolute atomic E-state index is 0. The highest BCUT2D eigenvalue weighted by Gasteiger charge is 2.14. The third-order valence-electron chi connectivity index (χ3n) is 2.10. The van der Waals surface area contributed by atoms with Crippen molar-refractivity contribution in [3.8, 4) is 11.5 Å². The molecule has 16 heavy (non-hydrogen) atoms. The highest BCUT2D eigenvalue weighted by molar-refractivity contribution is 9.10. The van der Waals surface area contributed by atoms with Crippen LogP contribution in [0.1, 0.15) is 11.6 Å². The summed E-state index contributed by atoms with van der Waals surface area (Å²) in [7, 11) is 3.12. The fraction of sp³-hybridized carbons (Fsp3) is 0.400. The van der Waals surface area contributed by atoms with Crippen molar-refractivity contribution in [1.82, 2.24) is 0 Å². The first kappa shape index (κ1) is 15.5. The molecule has 0 radical (unpaired) electrons. The number of aliphatic hydroxyl groups is 1. The van der Waals surface area contributed by atoms with E-state index in [2.05, 4.69) is 15.9 Å². The minimum atomic E-state index is -0.431. The van der Waals surface area contributed by atoms with Gasteiger partial charge in [0, 0.05) is 4.47 Å². The Hall–Kier alpha value is -0.490.